The summed E-state index contributed by atoms with van der Waals surface area (Å²) < 4.78 is 5.38. The number of hydrogen-bond acceptors (Lipinski definition) is 4. The van der Waals surface area contributed by atoms with Gasteiger partial charge in [-0.3, -0.25) is 9.59 Å². The molecule has 3 rings (SSSR count). The molecular formula is C22H23N3O3. The van der Waals surface area contributed by atoms with Gasteiger partial charge in [-0.05, 0) is 42.5 Å². The lowest BCUT2D eigenvalue weighted by Gasteiger charge is -2.22. The predicted octanol–water partition coefficient (Wildman–Crippen LogP) is 3.63. The Labute approximate surface area is 164 Å². The number of nitrogens with zero attached hydrogens (tertiary/aromatic N) is 2. The molecule has 2 amide bonds. The van der Waals surface area contributed by atoms with Gasteiger partial charge in [0, 0.05) is 31.0 Å². The van der Waals surface area contributed by atoms with Crippen LogP contribution in [-0.4, -0.2) is 37.4 Å². The number of carbonyl (C=O) groups excluding carboxylic acids is 2. The van der Waals surface area contributed by atoms with Crippen LogP contribution in [0.1, 0.15) is 16.1 Å². The Morgan fingerprint density at radius 1 is 0.964 bits per heavy atom. The molecule has 6 nitrogen and oxygen atoms in total. The van der Waals surface area contributed by atoms with Crippen molar-refractivity contribution in [3.63, 3.8) is 0 Å². The minimum absolute atomic E-state index is 0.0827. The molecule has 0 saturated heterocycles. The highest BCUT2D eigenvalue weighted by Gasteiger charge is 2.21. The number of benzene rings is 2. The Morgan fingerprint density at radius 2 is 1.75 bits per heavy atom. The van der Waals surface area contributed by atoms with Gasteiger partial charge >= 0.3 is 0 Å². The van der Waals surface area contributed by atoms with Crippen molar-refractivity contribution in [1.82, 2.24) is 4.90 Å². The van der Waals surface area contributed by atoms with Crippen LogP contribution in [0.25, 0.3) is 0 Å². The third kappa shape index (κ3) is 5.01. The van der Waals surface area contributed by atoms with Crippen molar-refractivity contribution in [2.24, 2.45) is 0 Å². The van der Waals surface area contributed by atoms with Crippen molar-refractivity contribution in [3.05, 3.63) is 84.3 Å². The average molecular weight is 377 g/mol. The highest BCUT2D eigenvalue weighted by Crippen LogP contribution is 2.17. The monoisotopic (exact) mass is 377 g/mol. The zero-order valence-corrected chi connectivity index (χ0v) is 16.0. The van der Waals surface area contributed by atoms with E-state index in [4.69, 9.17) is 4.42 Å². The molecule has 1 N–H and O–H groups in total. The second-order valence-electron chi connectivity index (χ2n) is 6.60. The van der Waals surface area contributed by atoms with E-state index < -0.39 is 0 Å². The summed E-state index contributed by atoms with van der Waals surface area (Å²) in [5.41, 5.74) is 2.12. The number of hydrogen-bond donors (Lipinski definition) is 1. The predicted molar refractivity (Wildman–Crippen MR) is 109 cm³/mol. The summed E-state index contributed by atoms with van der Waals surface area (Å²) in [7, 11) is 3.83. The summed E-state index contributed by atoms with van der Waals surface area (Å²) in [6.07, 6.45) is 1.55. The zero-order chi connectivity index (χ0) is 19.9. The van der Waals surface area contributed by atoms with Gasteiger partial charge in [0.25, 0.3) is 5.91 Å². The Balaban J connectivity index is 1.79. The number of amides is 2. The highest BCUT2D eigenvalue weighted by atomic mass is 16.3. The molecule has 1 aromatic heterocycles. The van der Waals surface area contributed by atoms with Crippen LogP contribution in [0.3, 0.4) is 0 Å². The van der Waals surface area contributed by atoms with E-state index in [1.807, 2.05) is 55.4 Å². The van der Waals surface area contributed by atoms with Crippen LogP contribution >= 0.6 is 0 Å². The maximum absolute atomic E-state index is 13.1. The van der Waals surface area contributed by atoms with Gasteiger partial charge in [-0.25, -0.2) is 0 Å². The first-order chi connectivity index (χ1) is 13.5. The van der Waals surface area contributed by atoms with Crippen LogP contribution in [0, 0.1) is 0 Å². The topological polar surface area (TPSA) is 65.8 Å². The average Bonchev–Trinajstić information content (AvgIpc) is 3.21. The maximum atomic E-state index is 13.1. The number of nitrogens with one attached hydrogen (secondary N) is 1. The molecular weight excluding hydrogens is 354 g/mol. The molecule has 0 spiro atoms. The normalized spacial score (nSPS) is 10.4. The molecule has 6 heteroatoms. The van der Waals surface area contributed by atoms with Crippen LogP contribution in [0.4, 0.5) is 11.4 Å². The molecule has 0 unspecified atom stereocenters. The number of carbonyl (C=O) groups is 2. The molecule has 0 saturated carbocycles. The molecule has 28 heavy (non-hydrogen) atoms. The SMILES string of the molecule is CN(C)c1cccc(C(=O)N(CC(=O)Nc2ccccc2)Cc2ccco2)c1. The third-order valence-electron chi connectivity index (χ3n) is 4.22. The summed E-state index contributed by atoms with van der Waals surface area (Å²) in [6, 6.07) is 20.0. The van der Waals surface area contributed by atoms with Gasteiger partial charge in [0.1, 0.15) is 12.3 Å². The maximum Gasteiger partial charge on any atom is 0.254 e. The minimum atomic E-state index is -0.269. The van der Waals surface area contributed by atoms with Gasteiger partial charge in [0.15, 0.2) is 0 Å². The largest absolute Gasteiger partial charge is 0.467 e. The van der Waals surface area contributed by atoms with Gasteiger partial charge in [-0.15, -0.1) is 0 Å². The molecule has 0 fully saturated rings. The van der Waals surface area contributed by atoms with E-state index in [1.54, 1.807) is 36.6 Å². The molecule has 0 aliphatic heterocycles. The first-order valence-corrected chi connectivity index (χ1v) is 8.97. The summed E-state index contributed by atoms with van der Waals surface area (Å²) in [5, 5.41) is 2.82. The van der Waals surface area contributed by atoms with Crippen molar-refractivity contribution < 1.29 is 14.0 Å². The van der Waals surface area contributed by atoms with E-state index >= 15 is 0 Å². The lowest BCUT2D eigenvalue weighted by Crippen LogP contribution is -2.37. The van der Waals surface area contributed by atoms with E-state index in [-0.39, 0.29) is 24.9 Å². The second kappa shape index (κ2) is 8.90. The van der Waals surface area contributed by atoms with E-state index in [1.165, 1.54) is 4.90 Å². The Hall–Kier alpha value is -3.54. The van der Waals surface area contributed by atoms with Crippen molar-refractivity contribution in [2.75, 3.05) is 30.9 Å². The first-order valence-electron chi connectivity index (χ1n) is 8.97. The highest BCUT2D eigenvalue weighted by molar-refractivity contribution is 5.99. The molecule has 3 aromatic rings. The number of para-hydroxylation sites is 1. The van der Waals surface area contributed by atoms with Gasteiger partial charge in [-0.2, -0.15) is 0 Å². The number of furan rings is 1. The van der Waals surface area contributed by atoms with Crippen molar-refractivity contribution in [2.45, 2.75) is 6.54 Å². The van der Waals surface area contributed by atoms with Gasteiger partial charge in [-0.1, -0.05) is 24.3 Å². The van der Waals surface area contributed by atoms with Crippen molar-refractivity contribution in [3.8, 4) is 0 Å². The molecule has 1 heterocycles. The lowest BCUT2D eigenvalue weighted by molar-refractivity contribution is -0.117. The molecule has 0 atom stereocenters. The smallest absolute Gasteiger partial charge is 0.254 e. The Bertz CT molecular complexity index is 921. The molecule has 0 aliphatic rings. The number of anilines is 2. The molecule has 0 bridgehead atoms. The van der Waals surface area contributed by atoms with E-state index in [9.17, 15) is 9.59 Å². The fourth-order valence-corrected chi connectivity index (χ4v) is 2.79. The summed E-state index contributed by atoms with van der Waals surface area (Å²) in [4.78, 5) is 29.0. The molecule has 0 radical (unpaired) electrons. The quantitative estimate of drug-likeness (QED) is 0.683. The fraction of sp³-hybridized carbons (Fsp3) is 0.182. The zero-order valence-electron chi connectivity index (χ0n) is 16.0. The summed E-state index contributed by atoms with van der Waals surface area (Å²) in [5.74, 6) is 0.114. The lowest BCUT2D eigenvalue weighted by atomic mass is 10.1. The third-order valence-corrected chi connectivity index (χ3v) is 4.22. The van der Waals surface area contributed by atoms with Gasteiger partial charge in [0.2, 0.25) is 5.91 Å². The Morgan fingerprint density at radius 3 is 2.43 bits per heavy atom. The van der Waals surface area contributed by atoms with Crippen molar-refractivity contribution >= 4 is 23.2 Å². The first kappa shape index (κ1) is 19.2. The van der Waals surface area contributed by atoms with Crippen LogP contribution in [-0.2, 0) is 11.3 Å². The standard InChI is InChI=1S/C22H23N3O3/c1-24(2)19-11-6-8-17(14-19)22(27)25(15-20-12-7-13-28-20)16-21(26)23-18-9-4-3-5-10-18/h3-14H,15-16H2,1-2H3,(H,23,26). The molecule has 2 aromatic carbocycles. The van der Waals surface area contributed by atoms with Crippen LogP contribution in [0.5, 0.6) is 0 Å². The van der Waals surface area contributed by atoms with Crippen LogP contribution in [0.15, 0.2) is 77.4 Å². The summed E-state index contributed by atoms with van der Waals surface area (Å²) >= 11 is 0. The van der Waals surface area contributed by atoms with Gasteiger partial charge < -0.3 is 19.5 Å². The fourth-order valence-electron chi connectivity index (χ4n) is 2.79. The minimum Gasteiger partial charge on any atom is -0.467 e. The van der Waals surface area contributed by atoms with Crippen LogP contribution in [0.2, 0.25) is 0 Å². The Kier molecular flexibility index (Phi) is 6.11. The van der Waals surface area contributed by atoms with Crippen LogP contribution < -0.4 is 10.2 Å². The molecule has 144 valence electrons. The van der Waals surface area contributed by atoms with E-state index in [2.05, 4.69) is 5.32 Å². The van der Waals surface area contributed by atoms with E-state index in [0.29, 0.717) is 17.0 Å². The number of rotatable bonds is 7. The van der Waals surface area contributed by atoms with Crippen molar-refractivity contribution in [1.29, 1.82) is 0 Å². The van der Waals surface area contributed by atoms with Gasteiger partial charge in [0.05, 0.1) is 12.8 Å². The second-order valence-corrected chi connectivity index (χ2v) is 6.60. The summed E-state index contributed by atoms with van der Waals surface area (Å²) in [6.45, 7) is 0.126. The molecule has 0 aliphatic carbocycles. The van der Waals surface area contributed by atoms with E-state index in [0.717, 1.165) is 5.69 Å².